The number of hydrogen-bond donors (Lipinski definition) is 12. The van der Waals surface area contributed by atoms with Crippen molar-refractivity contribution in [1.29, 1.82) is 0 Å². The third-order valence-corrected chi connectivity index (χ3v) is 20.7. The predicted octanol–water partition coefficient (Wildman–Crippen LogP) is -0.800. The molecule has 14 fully saturated rings. The first-order valence-electron chi connectivity index (χ1n) is 41.2. The summed E-state index contributed by atoms with van der Waals surface area (Å²) in [6, 6.07) is 0. The second kappa shape index (κ2) is 52.1. The number of fused-ring (bicyclic) bond motifs is 7. The number of rotatable bonds is 29. The van der Waals surface area contributed by atoms with Gasteiger partial charge in [0.05, 0.1) is 130 Å². The molecule has 0 aliphatic carbocycles. The number of ether oxygens (including phenoxy) is 23. The van der Waals surface area contributed by atoms with E-state index in [4.69, 9.17) is 155 Å². The van der Waals surface area contributed by atoms with E-state index in [0.717, 1.165) is 79.0 Å². The van der Waals surface area contributed by atoms with Crippen LogP contribution >= 0.6 is 0 Å². The summed E-state index contributed by atoms with van der Waals surface area (Å²) >= 11 is 0. The van der Waals surface area contributed by atoms with Crippen LogP contribution in [-0.2, 0) is 171 Å². The van der Waals surface area contributed by atoms with E-state index in [2.05, 4.69) is 32.9 Å². The fourth-order valence-corrected chi connectivity index (χ4v) is 14.7. The van der Waals surface area contributed by atoms with Crippen LogP contribution < -0.4 is 0 Å². The summed E-state index contributed by atoms with van der Waals surface area (Å²) in [7, 11) is 0. The van der Waals surface area contributed by atoms with Crippen molar-refractivity contribution < 1.29 is 233 Å². The Kier molecular flexibility index (Phi) is 41.8. The first-order valence-corrected chi connectivity index (χ1v) is 41.2. The lowest BCUT2D eigenvalue weighted by molar-refractivity contribution is -0.156. The number of carbonyl (C=O) groups is 13. The molecule has 0 aromatic carbocycles. The Labute approximate surface area is 756 Å². The summed E-state index contributed by atoms with van der Waals surface area (Å²) < 4.78 is 122. The van der Waals surface area contributed by atoms with Gasteiger partial charge in [-0.25, -0.2) is 43.2 Å². The molecule has 0 aromatic rings. The van der Waals surface area contributed by atoms with Crippen LogP contribution in [0.1, 0.15) is 39.5 Å². The monoisotopic (exact) mass is 1890 g/mol. The van der Waals surface area contributed by atoms with Crippen LogP contribution in [0.4, 0.5) is 0 Å². The van der Waals surface area contributed by atoms with Gasteiger partial charge in [-0.1, -0.05) is 46.7 Å². The molecular formula is C85H106O48. The Bertz CT molecular complexity index is 4020. The van der Waals surface area contributed by atoms with Gasteiger partial charge in [-0.2, -0.15) is 0 Å². The highest BCUT2D eigenvalue weighted by molar-refractivity contribution is 5.92. The van der Waals surface area contributed by atoms with Gasteiger partial charge >= 0.3 is 77.6 Å². The quantitative estimate of drug-likeness (QED) is 0.0143. The van der Waals surface area contributed by atoms with E-state index in [0.29, 0.717) is 44.3 Å². The smallest absolute Gasteiger partial charge is 0.331 e. The molecule has 14 aliphatic heterocycles. The molecular weight excluding hydrogens is 1790 g/mol. The molecule has 133 heavy (non-hydrogen) atoms. The molecule has 0 aromatic heterocycles. The van der Waals surface area contributed by atoms with Crippen LogP contribution in [0, 0.1) is 11.8 Å². The number of aliphatic hydroxyl groups excluding tert-OH is 8. The van der Waals surface area contributed by atoms with Gasteiger partial charge in [-0.15, -0.1) is 0 Å². The number of esters is 9. The molecule has 0 saturated carbocycles. The average molecular weight is 1900 g/mol. The van der Waals surface area contributed by atoms with E-state index in [1.165, 1.54) is 0 Å². The summed E-state index contributed by atoms with van der Waals surface area (Å²) in [6.07, 6.45) is 0.518. The molecule has 14 saturated heterocycles. The molecule has 48 nitrogen and oxygen atoms in total. The van der Waals surface area contributed by atoms with Crippen LogP contribution in [0.3, 0.4) is 0 Å². The molecule has 0 radical (unpaired) electrons. The SMILES string of the molecule is C=C(O)/C=C\C(=O)O[C@H]1CO[C@H]2[C@@H]1OC[C@@H]2O.C=C(O)/C=C\C(=O)O[C@H]1CO[C@H]2[C@@H]1OC[C@@H]2O.C=C(O)/C=C\C(=O)O[C@H]1CO[C@H]2[C@@H]1OC[C@@H]2O.C=C(O)/C=C\C(=O)O[C@H]1CO[C@H]2[C@@H]1OC[C@@H]2OC(=O)/C=C/C(=O)O.C=C(O)/C=C\C(=O)O[C@H]1CO[C@H]2[C@@H]1OC[C@@H]2OC(=O)CCC(=O)O.C[C@H]1CO[C@H]2[C@@H]1OC[C@@H]2OC(=O)/C=C/C(=O)O.C[C@H]1CO[C@H]2[C@@H]1OC[C@@H]2OC(=O)CCC(=O)O. The fraction of sp³-hybridized carbons (Fsp3) is 0.565. The van der Waals surface area contributed by atoms with Crippen molar-refractivity contribution in [3.8, 4) is 0 Å². The van der Waals surface area contributed by atoms with Crippen molar-refractivity contribution in [2.24, 2.45) is 11.8 Å². The number of hydrogen-bond acceptors (Lipinski definition) is 44. The zero-order valence-electron chi connectivity index (χ0n) is 71.6. The summed E-state index contributed by atoms with van der Waals surface area (Å²) in [5, 5.41) is 106. The summed E-state index contributed by atoms with van der Waals surface area (Å²) in [5.74, 6) is -11.1. The molecule has 28 atom stereocenters. The molecule has 0 bridgehead atoms. The summed E-state index contributed by atoms with van der Waals surface area (Å²) in [4.78, 5) is 144. The number of carboxylic acids is 4. The van der Waals surface area contributed by atoms with Crippen LogP contribution in [0.5, 0.6) is 0 Å². The van der Waals surface area contributed by atoms with Gasteiger partial charge in [0.15, 0.2) is 54.9 Å². The minimum atomic E-state index is -1.27. The maximum absolute atomic E-state index is 11.6. The largest absolute Gasteiger partial charge is 0.509 e. The highest BCUT2D eigenvalue weighted by Gasteiger charge is 2.56. The Balaban J connectivity index is 0.000000192. The lowest BCUT2D eigenvalue weighted by Gasteiger charge is -2.16. The number of aliphatic hydroxyl groups is 8. The van der Waals surface area contributed by atoms with E-state index >= 15 is 0 Å². The minimum absolute atomic E-state index is 0.00715. The Morgan fingerprint density at radius 2 is 0.391 bits per heavy atom. The average Bonchev–Trinajstić information content (AvgIpc) is 1.64. The highest BCUT2D eigenvalue weighted by atomic mass is 16.7. The van der Waals surface area contributed by atoms with E-state index < -0.39 is 212 Å². The second-order valence-corrected chi connectivity index (χ2v) is 31.0. The third-order valence-electron chi connectivity index (χ3n) is 20.7. The van der Waals surface area contributed by atoms with Gasteiger partial charge in [0, 0.05) is 66.5 Å². The van der Waals surface area contributed by atoms with Crippen LogP contribution in [0.15, 0.2) is 147 Å². The predicted molar refractivity (Wildman–Crippen MR) is 433 cm³/mol. The van der Waals surface area contributed by atoms with Crippen molar-refractivity contribution in [3.63, 3.8) is 0 Å². The number of carboxylic acid groups (broad SMARTS) is 4. The Hall–Kier alpha value is -11.7. The fourth-order valence-electron chi connectivity index (χ4n) is 14.7. The minimum Gasteiger partial charge on any atom is -0.509 e. The molecule has 14 rings (SSSR count). The molecule has 0 unspecified atom stereocenters. The number of aliphatic carboxylic acids is 4. The third kappa shape index (κ3) is 33.8. The topological polar surface area (TPSA) is 677 Å². The summed E-state index contributed by atoms with van der Waals surface area (Å²) in [5.41, 5.74) is 0. The molecule has 14 heterocycles. The molecule has 734 valence electrons. The lowest BCUT2D eigenvalue weighted by atomic mass is 10.0. The molecule has 14 aliphatic rings. The Morgan fingerprint density at radius 3 is 0.594 bits per heavy atom. The van der Waals surface area contributed by atoms with E-state index in [1.807, 2.05) is 13.8 Å². The van der Waals surface area contributed by atoms with Gasteiger partial charge in [0.2, 0.25) is 0 Å². The van der Waals surface area contributed by atoms with E-state index in [-0.39, 0.29) is 145 Å². The van der Waals surface area contributed by atoms with Crippen molar-refractivity contribution in [2.75, 3.05) is 92.5 Å². The Morgan fingerprint density at radius 1 is 0.226 bits per heavy atom. The molecule has 48 heteroatoms. The maximum Gasteiger partial charge on any atom is 0.331 e. The summed E-state index contributed by atoms with van der Waals surface area (Å²) in [6.45, 7) is 23.3. The number of carbonyl (C=O) groups excluding carboxylic acids is 9. The van der Waals surface area contributed by atoms with Crippen molar-refractivity contribution in [2.45, 2.75) is 198 Å². The van der Waals surface area contributed by atoms with Gasteiger partial charge in [-0.05, 0) is 30.4 Å². The molecule has 12 N–H and O–H groups in total. The second-order valence-electron chi connectivity index (χ2n) is 31.0. The first-order chi connectivity index (χ1) is 63.1. The van der Waals surface area contributed by atoms with E-state index in [9.17, 15) is 77.6 Å². The van der Waals surface area contributed by atoms with Crippen LogP contribution in [0.25, 0.3) is 0 Å². The zero-order valence-corrected chi connectivity index (χ0v) is 71.6. The normalized spacial score (nSPS) is 33.3. The van der Waals surface area contributed by atoms with Crippen LogP contribution in [0.2, 0.25) is 0 Å². The van der Waals surface area contributed by atoms with Gasteiger partial charge in [0.25, 0.3) is 0 Å². The van der Waals surface area contributed by atoms with Gasteiger partial charge in [0.1, 0.15) is 120 Å². The highest BCUT2D eigenvalue weighted by Crippen LogP contribution is 2.38. The van der Waals surface area contributed by atoms with E-state index in [1.54, 1.807) is 0 Å². The van der Waals surface area contributed by atoms with Gasteiger partial charge < -0.3 is 170 Å². The molecule has 0 spiro atoms. The maximum atomic E-state index is 11.6. The van der Waals surface area contributed by atoms with Crippen LogP contribution in [-0.4, -0.2) is 390 Å². The van der Waals surface area contributed by atoms with Crippen molar-refractivity contribution >= 4 is 77.6 Å². The standard InChI is InChI=1S/C15H18O9.C15H16O9.C11H16O6.4C11H14O6/c2*1-8(16)2-4-12(19)23-9-6-21-15-10(7-22-14(9)15)24-13(20)5-3-11(17)18;2*1-6-4-15-11-7(5-16-10(6)11)17-9(14)3-2-8(12)13;3*1-6(12)2-3-9(14)17-8-5-16-10-7(13)4-15-11(8)10/h2,4,9-10,14-16H,1,3,5-7H2,(H,17,18);2-5,9-10,14-16H,1,6-7H2,(H,17,18);6-7,10-11H,2-5H2,1H3,(H,12,13);2-3,6-7,10-11H,4-5H2,1H3,(H,12,13);3*2-3,7-8,10-13H,1,4-5H2/b4-2-;4-2-,5-3+;;3-2+;3*3-2-/t2*9-,10-,14+,15+;2*6-,7-,10+,11+;3*7-,8-,10+,11+/m0000000/s1. The molecule has 0 amide bonds. The van der Waals surface area contributed by atoms with Crippen molar-refractivity contribution in [3.05, 3.63) is 147 Å². The van der Waals surface area contributed by atoms with Gasteiger partial charge in [-0.3, -0.25) is 19.2 Å². The number of allylic oxidation sites excluding steroid dienone is 5. The first kappa shape index (κ1) is 107. The zero-order chi connectivity index (χ0) is 97.4. The lowest BCUT2D eigenvalue weighted by Crippen LogP contribution is -2.35. The van der Waals surface area contributed by atoms with Crippen molar-refractivity contribution in [1.82, 2.24) is 0 Å².